The van der Waals surface area contributed by atoms with Crippen LogP contribution in [0.2, 0.25) is 0 Å². The Morgan fingerprint density at radius 3 is 3.00 bits per heavy atom. The molecule has 3 heterocycles. The Hall–Kier alpha value is -2.44. The van der Waals surface area contributed by atoms with Crippen LogP contribution in [0.15, 0.2) is 24.5 Å². The quantitative estimate of drug-likeness (QED) is 0.636. The number of H-pyrrole nitrogens is 1. The highest BCUT2D eigenvalue weighted by atomic mass is 16.6. The molecule has 2 aromatic rings. The third kappa shape index (κ3) is 1.79. The number of anilines is 1. The van der Waals surface area contributed by atoms with Gasteiger partial charge in [0, 0.05) is 36.8 Å². The maximum absolute atomic E-state index is 10.6. The number of rotatable bonds is 2. The SMILES string of the molecule is O=[N+]([O-])c1ccc(N2CCc3[nH]ncc3C2)nc1. The van der Waals surface area contributed by atoms with Gasteiger partial charge in [0.25, 0.3) is 5.69 Å². The van der Waals surface area contributed by atoms with E-state index in [0.29, 0.717) is 0 Å². The van der Waals surface area contributed by atoms with Crippen LogP contribution in [0.1, 0.15) is 11.3 Å². The normalized spacial score (nSPS) is 14.3. The van der Waals surface area contributed by atoms with Gasteiger partial charge in [0.15, 0.2) is 0 Å². The number of aromatic amines is 1. The zero-order valence-electron chi connectivity index (χ0n) is 9.54. The van der Waals surface area contributed by atoms with Crippen molar-refractivity contribution in [1.29, 1.82) is 0 Å². The number of hydrogen-bond donors (Lipinski definition) is 1. The lowest BCUT2D eigenvalue weighted by Crippen LogP contribution is -2.30. The molecule has 7 heteroatoms. The van der Waals surface area contributed by atoms with E-state index in [4.69, 9.17) is 0 Å². The van der Waals surface area contributed by atoms with E-state index in [1.54, 1.807) is 6.07 Å². The Morgan fingerprint density at radius 2 is 2.28 bits per heavy atom. The molecule has 1 N–H and O–H groups in total. The lowest BCUT2D eigenvalue weighted by Gasteiger charge is -2.27. The van der Waals surface area contributed by atoms with Gasteiger partial charge in [0.05, 0.1) is 11.1 Å². The van der Waals surface area contributed by atoms with E-state index in [2.05, 4.69) is 20.1 Å². The minimum atomic E-state index is -0.443. The molecule has 0 amide bonds. The zero-order chi connectivity index (χ0) is 12.5. The Balaban J connectivity index is 1.82. The summed E-state index contributed by atoms with van der Waals surface area (Å²) < 4.78 is 0. The number of fused-ring (bicyclic) bond motifs is 1. The first-order valence-electron chi connectivity index (χ1n) is 5.60. The fourth-order valence-electron chi connectivity index (χ4n) is 2.09. The van der Waals surface area contributed by atoms with Crippen LogP contribution in [0.3, 0.4) is 0 Å². The highest BCUT2D eigenvalue weighted by Crippen LogP contribution is 2.22. The maximum Gasteiger partial charge on any atom is 0.287 e. The fourth-order valence-corrected chi connectivity index (χ4v) is 2.09. The van der Waals surface area contributed by atoms with Gasteiger partial charge in [-0.15, -0.1) is 0 Å². The van der Waals surface area contributed by atoms with Gasteiger partial charge < -0.3 is 4.90 Å². The first-order valence-corrected chi connectivity index (χ1v) is 5.60. The molecular formula is C11H11N5O2. The van der Waals surface area contributed by atoms with Crippen molar-refractivity contribution in [3.63, 3.8) is 0 Å². The molecule has 0 saturated heterocycles. The summed E-state index contributed by atoms with van der Waals surface area (Å²) in [6, 6.07) is 3.16. The molecule has 1 aliphatic rings. The molecule has 0 atom stereocenters. The van der Waals surface area contributed by atoms with Gasteiger partial charge >= 0.3 is 0 Å². The van der Waals surface area contributed by atoms with E-state index >= 15 is 0 Å². The molecule has 0 fully saturated rings. The molecule has 0 radical (unpaired) electrons. The van der Waals surface area contributed by atoms with Gasteiger partial charge in [-0.2, -0.15) is 5.10 Å². The molecule has 0 saturated carbocycles. The number of pyridine rings is 1. The molecule has 92 valence electrons. The van der Waals surface area contributed by atoms with Crippen molar-refractivity contribution in [3.05, 3.63) is 45.9 Å². The summed E-state index contributed by atoms with van der Waals surface area (Å²) >= 11 is 0. The van der Waals surface area contributed by atoms with Gasteiger partial charge in [-0.3, -0.25) is 15.2 Å². The van der Waals surface area contributed by atoms with Crippen LogP contribution in [0.4, 0.5) is 11.5 Å². The minimum Gasteiger partial charge on any atom is -0.352 e. The second-order valence-corrected chi connectivity index (χ2v) is 4.18. The average Bonchev–Trinajstić information content (AvgIpc) is 2.86. The van der Waals surface area contributed by atoms with Crippen molar-refractivity contribution in [1.82, 2.24) is 15.2 Å². The first kappa shape index (κ1) is 10.7. The standard InChI is InChI=1S/C11H11N5O2/c17-16(18)9-1-2-11(12-6-9)15-4-3-10-8(7-15)5-13-14-10/h1-2,5-6H,3-4,7H2,(H,13,14). The number of aromatic nitrogens is 3. The van der Waals surface area contributed by atoms with E-state index < -0.39 is 4.92 Å². The molecule has 18 heavy (non-hydrogen) atoms. The summed E-state index contributed by atoms with van der Waals surface area (Å²) in [5.41, 5.74) is 2.33. The molecule has 0 aromatic carbocycles. The van der Waals surface area contributed by atoms with Crippen LogP contribution in [0, 0.1) is 10.1 Å². The summed E-state index contributed by atoms with van der Waals surface area (Å²) in [7, 11) is 0. The fraction of sp³-hybridized carbons (Fsp3) is 0.273. The van der Waals surface area contributed by atoms with E-state index in [1.165, 1.54) is 12.3 Å². The number of nitrogens with zero attached hydrogens (tertiary/aromatic N) is 4. The van der Waals surface area contributed by atoms with E-state index in [-0.39, 0.29) is 5.69 Å². The molecule has 0 bridgehead atoms. The largest absolute Gasteiger partial charge is 0.352 e. The molecular weight excluding hydrogens is 234 g/mol. The van der Waals surface area contributed by atoms with Crippen molar-refractivity contribution in [3.8, 4) is 0 Å². The summed E-state index contributed by atoms with van der Waals surface area (Å²) in [4.78, 5) is 16.3. The van der Waals surface area contributed by atoms with E-state index in [9.17, 15) is 10.1 Å². The summed E-state index contributed by atoms with van der Waals surface area (Å²) in [6.45, 7) is 1.57. The van der Waals surface area contributed by atoms with Crippen LogP contribution in [-0.2, 0) is 13.0 Å². The molecule has 0 aliphatic carbocycles. The van der Waals surface area contributed by atoms with E-state index in [0.717, 1.165) is 36.6 Å². The summed E-state index contributed by atoms with van der Waals surface area (Å²) in [6.07, 6.45) is 3.99. The minimum absolute atomic E-state index is 0.0137. The Morgan fingerprint density at radius 1 is 1.39 bits per heavy atom. The van der Waals surface area contributed by atoms with Gasteiger partial charge in [0.2, 0.25) is 0 Å². The van der Waals surface area contributed by atoms with Crippen molar-refractivity contribution in [2.75, 3.05) is 11.4 Å². The topological polar surface area (TPSA) is 88.0 Å². The predicted molar refractivity (Wildman–Crippen MR) is 64.2 cm³/mol. The lowest BCUT2D eigenvalue weighted by atomic mass is 10.1. The number of hydrogen-bond acceptors (Lipinski definition) is 5. The predicted octanol–water partition coefficient (Wildman–Crippen LogP) is 1.28. The van der Waals surface area contributed by atoms with Crippen LogP contribution in [-0.4, -0.2) is 26.6 Å². The Kier molecular flexibility index (Phi) is 2.44. The lowest BCUT2D eigenvalue weighted by molar-refractivity contribution is -0.385. The summed E-state index contributed by atoms with van der Waals surface area (Å²) in [5, 5.41) is 17.5. The van der Waals surface area contributed by atoms with Crippen molar-refractivity contribution in [2.24, 2.45) is 0 Å². The Bertz CT molecular complexity index is 577. The van der Waals surface area contributed by atoms with Crippen LogP contribution < -0.4 is 4.90 Å². The summed E-state index contributed by atoms with van der Waals surface area (Å²) in [5.74, 6) is 0.757. The second-order valence-electron chi connectivity index (χ2n) is 4.18. The third-order valence-electron chi connectivity index (χ3n) is 3.07. The highest BCUT2D eigenvalue weighted by Gasteiger charge is 2.19. The van der Waals surface area contributed by atoms with Crippen molar-refractivity contribution in [2.45, 2.75) is 13.0 Å². The zero-order valence-corrected chi connectivity index (χ0v) is 9.54. The van der Waals surface area contributed by atoms with Crippen LogP contribution >= 0.6 is 0 Å². The van der Waals surface area contributed by atoms with Gasteiger partial charge in [-0.05, 0) is 6.07 Å². The molecule has 2 aromatic heterocycles. The van der Waals surface area contributed by atoms with Crippen LogP contribution in [0.5, 0.6) is 0 Å². The number of nitro groups is 1. The average molecular weight is 245 g/mol. The molecule has 0 spiro atoms. The van der Waals surface area contributed by atoms with E-state index in [1.807, 2.05) is 6.20 Å². The molecule has 7 nitrogen and oxygen atoms in total. The van der Waals surface area contributed by atoms with Gasteiger partial charge in [-0.1, -0.05) is 0 Å². The van der Waals surface area contributed by atoms with Crippen LogP contribution in [0.25, 0.3) is 0 Å². The second kappa shape index (κ2) is 4.10. The van der Waals surface area contributed by atoms with Gasteiger partial charge in [-0.25, -0.2) is 4.98 Å². The third-order valence-corrected chi connectivity index (χ3v) is 3.07. The highest BCUT2D eigenvalue weighted by molar-refractivity contribution is 5.45. The van der Waals surface area contributed by atoms with Crippen molar-refractivity contribution >= 4 is 11.5 Å². The first-order chi connectivity index (χ1) is 8.74. The smallest absolute Gasteiger partial charge is 0.287 e. The monoisotopic (exact) mass is 245 g/mol. The Labute approximate surface area is 103 Å². The maximum atomic E-state index is 10.6. The van der Waals surface area contributed by atoms with Gasteiger partial charge in [0.1, 0.15) is 12.0 Å². The molecule has 0 unspecified atom stereocenters. The van der Waals surface area contributed by atoms with Crippen molar-refractivity contribution < 1.29 is 4.92 Å². The number of nitrogens with one attached hydrogen (secondary N) is 1. The molecule has 3 rings (SSSR count). The molecule has 1 aliphatic heterocycles.